The number of ether oxygens (including phenoxy) is 2. The maximum Gasteiger partial charge on any atom is 0.323 e. The van der Waals surface area contributed by atoms with Crippen molar-refractivity contribution in [2.45, 2.75) is 38.6 Å². The minimum absolute atomic E-state index is 0. The van der Waals surface area contributed by atoms with Gasteiger partial charge in [0.25, 0.3) is 0 Å². The Balaban J connectivity index is 0. The van der Waals surface area contributed by atoms with E-state index >= 15 is 0 Å². The molecule has 2 atom stereocenters. The van der Waals surface area contributed by atoms with Gasteiger partial charge in [-0.15, -0.1) is 12.4 Å². The molecule has 2 unspecified atom stereocenters. The van der Waals surface area contributed by atoms with Crippen molar-refractivity contribution in [2.75, 3.05) is 13.2 Å². The van der Waals surface area contributed by atoms with Gasteiger partial charge in [0.15, 0.2) is 0 Å². The minimum Gasteiger partial charge on any atom is -0.466 e. The van der Waals surface area contributed by atoms with Crippen molar-refractivity contribution in [3.8, 4) is 0 Å². The highest BCUT2D eigenvalue weighted by Gasteiger charge is 2.24. The average molecular weight is 286 g/mol. The maximum absolute atomic E-state index is 11.5. The van der Waals surface area contributed by atoms with Crippen LogP contribution in [0.3, 0.4) is 0 Å². The van der Waals surface area contributed by atoms with E-state index in [1.807, 2.05) is 0 Å². The summed E-state index contributed by atoms with van der Waals surface area (Å²) >= 11 is 4.10. The van der Waals surface area contributed by atoms with Crippen LogP contribution >= 0.6 is 25.0 Å². The van der Waals surface area contributed by atoms with Crippen LogP contribution in [0.4, 0.5) is 0 Å². The highest BCUT2D eigenvalue weighted by molar-refractivity contribution is 7.80. The fraction of sp³-hybridized carbons (Fsp3) is 0.800. The van der Waals surface area contributed by atoms with E-state index in [-0.39, 0.29) is 30.8 Å². The molecule has 7 heteroatoms. The lowest BCUT2D eigenvalue weighted by atomic mass is 10.2. The summed E-state index contributed by atoms with van der Waals surface area (Å²) in [6.45, 7) is 5.77. The number of carbonyl (C=O) groups excluding carboxylic acids is 2. The van der Waals surface area contributed by atoms with Crippen LogP contribution in [0.15, 0.2) is 0 Å². The Morgan fingerprint density at radius 3 is 2.18 bits per heavy atom. The third kappa shape index (κ3) is 9.26. The molecule has 0 rings (SSSR count). The van der Waals surface area contributed by atoms with Gasteiger partial charge < -0.3 is 9.47 Å². The normalized spacial score (nSPS) is 13.2. The van der Waals surface area contributed by atoms with Crippen molar-refractivity contribution < 1.29 is 19.1 Å². The van der Waals surface area contributed by atoms with E-state index in [0.29, 0.717) is 6.61 Å². The zero-order chi connectivity index (χ0) is 12.6. The standard InChI is InChI=1S/C10H19NO4S.ClH/c1-4-14-9(12)6-8(11-7(3)16)10(13)15-5-2;/h7-8,11,16H,4-6H2,1-3H3;1H. The Morgan fingerprint density at radius 1 is 1.24 bits per heavy atom. The molecule has 5 nitrogen and oxygen atoms in total. The number of esters is 2. The highest BCUT2D eigenvalue weighted by Crippen LogP contribution is 2.02. The molecule has 0 aliphatic carbocycles. The van der Waals surface area contributed by atoms with Gasteiger partial charge in [-0.3, -0.25) is 14.9 Å². The summed E-state index contributed by atoms with van der Waals surface area (Å²) in [5, 5.41) is 2.64. The largest absolute Gasteiger partial charge is 0.466 e. The monoisotopic (exact) mass is 285 g/mol. The topological polar surface area (TPSA) is 64.6 Å². The second-order valence-corrected chi connectivity index (χ2v) is 3.93. The molecule has 0 radical (unpaired) electrons. The molecule has 17 heavy (non-hydrogen) atoms. The molecule has 0 aromatic rings. The summed E-state index contributed by atoms with van der Waals surface area (Å²) in [5.74, 6) is -0.890. The number of nitrogens with one attached hydrogen (secondary N) is 1. The molecule has 0 aromatic carbocycles. The molecular weight excluding hydrogens is 266 g/mol. The summed E-state index contributed by atoms with van der Waals surface area (Å²) in [6.07, 6.45) is -0.0441. The molecule has 0 bridgehead atoms. The molecule has 102 valence electrons. The van der Waals surface area contributed by atoms with E-state index in [1.54, 1.807) is 20.8 Å². The zero-order valence-corrected chi connectivity index (χ0v) is 12.0. The summed E-state index contributed by atoms with van der Waals surface area (Å²) < 4.78 is 9.61. The van der Waals surface area contributed by atoms with Crippen molar-refractivity contribution >= 4 is 37.0 Å². The van der Waals surface area contributed by atoms with Gasteiger partial charge in [-0.25, -0.2) is 0 Å². The summed E-state index contributed by atoms with van der Waals surface area (Å²) in [4.78, 5) is 22.7. The van der Waals surface area contributed by atoms with Crippen LogP contribution in [0.2, 0.25) is 0 Å². The molecule has 0 saturated carbocycles. The van der Waals surface area contributed by atoms with Gasteiger partial charge in [-0.2, -0.15) is 12.6 Å². The van der Waals surface area contributed by atoms with Gasteiger partial charge in [-0.05, 0) is 20.8 Å². The van der Waals surface area contributed by atoms with Gasteiger partial charge in [-0.1, -0.05) is 0 Å². The predicted octanol–water partition coefficient (Wildman–Crippen LogP) is 1.16. The molecule has 0 saturated heterocycles. The third-order valence-electron chi connectivity index (χ3n) is 1.69. The molecule has 1 N–H and O–H groups in total. The number of carbonyl (C=O) groups is 2. The molecule has 0 aliphatic heterocycles. The minimum atomic E-state index is -0.702. The summed E-state index contributed by atoms with van der Waals surface area (Å²) in [7, 11) is 0. The van der Waals surface area contributed by atoms with Crippen LogP contribution in [0.5, 0.6) is 0 Å². The van der Waals surface area contributed by atoms with Crippen LogP contribution in [0.25, 0.3) is 0 Å². The van der Waals surface area contributed by atoms with Crippen LogP contribution in [-0.4, -0.2) is 36.6 Å². The fourth-order valence-corrected chi connectivity index (χ4v) is 1.31. The van der Waals surface area contributed by atoms with E-state index in [4.69, 9.17) is 9.47 Å². The Kier molecular flexibility index (Phi) is 11.9. The molecule has 0 amide bonds. The first kappa shape index (κ1) is 18.9. The first-order chi connectivity index (χ1) is 7.51. The molecular formula is C10H20ClNO4S. The summed E-state index contributed by atoms with van der Waals surface area (Å²) in [6, 6.07) is -0.702. The number of thiol groups is 1. The third-order valence-corrected chi connectivity index (χ3v) is 1.84. The van der Waals surface area contributed by atoms with E-state index in [1.165, 1.54) is 0 Å². The second kappa shape index (κ2) is 10.7. The van der Waals surface area contributed by atoms with Gasteiger partial charge in [0.1, 0.15) is 6.04 Å². The van der Waals surface area contributed by atoms with Crippen LogP contribution in [-0.2, 0) is 19.1 Å². The van der Waals surface area contributed by atoms with Crippen LogP contribution < -0.4 is 5.32 Å². The fourth-order valence-electron chi connectivity index (χ4n) is 1.13. The average Bonchev–Trinajstić information content (AvgIpc) is 2.16. The number of hydrogen-bond donors (Lipinski definition) is 2. The van der Waals surface area contributed by atoms with Gasteiger partial charge in [0.2, 0.25) is 0 Å². The smallest absolute Gasteiger partial charge is 0.323 e. The number of halogens is 1. The Morgan fingerprint density at radius 2 is 1.76 bits per heavy atom. The number of rotatable bonds is 7. The van der Waals surface area contributed by atoms with Crippen LogP contribution in [0, 0.1) is 0 Å². The Labute approximate surface area is 113 Å². The molecule has 0 aromatic heterocycles. The summed E-state index contributed by atoms with van der Waals surface area (Å²) in [5.41, 5.74) is 0. The van der Waals surface area contributed by atoms with Gasteiger partial charge >= 0.3 is 11.9 Å². The van der Waals surface area contributed by atoms with E-state index in [9.17, 15) is 9.59 Å². The molecule has 0 heterocycles. The zero-order valence-electron chi connectivity index (χ0n) is 10.3. The van der Waals surface area contributed by atoms with E-state index in [2.05, 4.69) is 17.9 Å². The molecule has 0 aliphatic rings. The van der Waals surface area contributed by atoms with Crippen molar-refractivity contribution in [3.05, 3.63) is 0 Å². The lowest BCUT2D eigenvalue weighted by Crippen LogP contribution is -2.42. The maximum atomic E-state index is 11.5. The van der Waals surface area contributed by atoms with Crippen molar-refractivity contribution in [1.82, 2.24) is 5.32 Å². The lowest BCUT2D eigenvalue weighted by Gasteiger charge is -2.18. The van der Waals surface area contributed by atoms with E-state index in [0.717, 1.165) is 0 Å². The van der Waals surface area contributed by atoms with E-state index < -0.39 is 18.0 Å². The van der Waals surface area contributed by atoms with Crippen molar-refractivity contribution in [3.63, 3.8) is 0 Å². The number of hydrogen-bond acceptors (Lipinski definition) is 6. The Bertz CT molecular complexity index is 238. The van der Waals surface area contributed by atoms with Crippen molar-refractivity contribution in [1.29, 1.82) is 0 Å². The first-order valence-electron chi connectivity index (χ1n) is 5.27. The predicted molar refractivity (Wildman–Crippen MR) is 70.5 cm³/mol. The quantitative estimate of drug-likeness (QED) is 0.417. The molecule has 0 spiro atoms. The van der Waals surface area contributed by atoms with Crippen molar-refractivity contribution in [2.24, 2.45) is 0 Å². The highest BCUT2D eigenvalue weighted by atomic mass is 35.5. The van der Waals surface area contributed by atoms with Gasteiger partial charge in [0, 0.05) is 5.37 Å². The van der Waals surface area contributed by atoms with Gasteiger partial charge in [0.05, 0.1) is 19.6 Å². The lowest BCUT2D eigenvalue weighted by molar-refractivity contribution is -0.152. The first-order valence-corrected chi connectivity index (χ1v) is 5.79. The SMILES string of the molecule is CCOC(=O)CC(NC(C)S)C(=O)OCC.Cl. The second-order valence-electron chi connectivity index (χ2n) is 3.16. The Hall–Kier alpha value is -0.460. The van der Waals surface area contributed by atoms with Crippen LogP contribution in [0.1, 0.15) is 27.2 Å². The molecule has 0 fully saturated rings.